The van der Waals surface area contributed by atoms with Gasteiger partial charge in [0.25, 0.3) is 0 Å². The normalized spacial score (nSPS) is 34.8. The van der Waals surface area contributed by atoms with Gasteiger partial charge in [-0.3, -0.25) is 4.79 Å². The van der Waals surface area contributed by atoms with Gasteiger partial charge in [0.2, 0.25) is 12.6 Å². The van der Waals surface area contributed by atoms with Crippen LogP contribution in [0.25, 0.3) is 11.0 Å². The fraction of sp³-hybridized carbons (Fsp3) is 0.531. The molecule has 1 aromatic heterocycles. The highest BCUT2D eigenvalue weighted by Crippen LogP contribution is 2.37. The highest BCUT2D eigenvalue weighted by Gasteiger charge is 2.48. The monoisotopic (exact) mass is 726 g/mol. The second kappa shape index (κ2) is 16.0. The van der Waals surface area contributed by atoms with Crippen LogP contribution in [0.5, 0.6) is 11.5 Å². The van der Waals surface area contributed by atoms with Crippen molar-refractivity contribution in [2.24, 2.45) is 5.92 Å². The molecule has 0 aliphatic carbocycles. The third kappa shape index (κ3) is 8.02. The van der Waals surface area contributed by atoms with Gasteiger partial charge in [-0.05, 0) is 19.1 Å². The SMILES string of the molecule is CC=C1[C@H](O[C@@H]2O[C@H](CO)[C@@H](O)[C@H](O)[C@H]2O)OC=C(C(=O)OC)[C@@H]1CC(=O)OC[C@@H]1O[C@H](Oc2cc3ccc(=O)oc3cc2O)[C@@H](O)[C@H](O)[C@H]1O. The number of esters is 2. The van der Waals surface area contributed by atoms with E-state index in [0.717, 1.165) is 25.5 Å². The van der Waals surface area contributed by atoms with Crippen molar-refractivity contribution in [1.29, 1.82) is 0 Å². The van der Waals surface area contributed by atoms with Crippen LogP contribution in [0.2, 0.25) is 0 Å². The lowest BCUT2D eigenvalue weighted by Gasteiger charge is -2.42. The summed E-state index contributed by atoms with van der Waals surface area (Å²) in [6.07, 6.45) is -16.3. The maximum absolute atomic E-state index is 13.2. The predicted octanol–water partition coefficient (Wildman–Crippen LogP) is -2.59. The van der Waals surface area contributed by atoms with Crippen LogP contribution in [0.4, 0.5) is 0 Å². The molecule has 3 aliphatic rings. The first-order valence-corrected chi connectivity index (χ1v) is 15.6. The lowest BCUT2D eigenvalue weighted by Crippen LogP contribution is -2.60. The molecule has 0 amide bonds. The number of hydrogen-bond donors (Lipinski definition) is 8. The Morgan fingerprint density at radius 1 is 0.902 bits per heavy atom. The number of aliphatic hydroxyl groups is 7. The van der Waals surface area contributed by atoms with Crippen LogP contribution in [0.1, 0.15) is 13.3 Å². The lowest BCUT2D eigenvalue weighted by atomic mass is 9.86. The molecule has 5 rings (SSSR count). The van der Waals surface area contributed by atoms with Crippen LogP contribution < -0.4 is 10.4 Å². The third-order valence-electron chi connectivity index (χ3n) is 8.62. The zero-order valence-corrected chi connectivity index (χ0v) is 27.1. The van der Waals surface area contributed by atoms with Gasteiger partial charge in [0.1, 0.15) is 61.0 Å². The quantitative estimate of drug-likeness (QED) is 0.0708. The van der Waals surface area contributed by atoms with E-state index < -0.39 is 117 Å². The Labute approximate surface area is 288 Å². The number of benzene rings is 1. The Hall–Kier alpha value is -4.15. The lowest BCUT2D eigenvalue weighted by molar-refractivity contribution is -0.327. The smallest absolute Gasteiger partial charge is 0.337 e. The third-order valence-corrected chi connectivity index (χ3v) is 8.62. The van der Waals surface area contributed by atoms with Gasteiger partial charge in [0, 0.05) is 29.0 Å². The number of ether oxygens (including phenoxy) is 7. The van der Waals surface area contributed by atoms with Crippen molar-refractivity contribution < 1.29 is 88.0 Å². The average Bonchev–Trinajstić information content (AvgIpc) is 3.11. The molecule has 2 aromatic rings. The molecule has 2 saturated heterocycles. The molecule has 3 aliphatic heterocycles. The Balaban J connectivity index is 1.27. The van der Waals surface area contributed by atoms with Crippen molar-refractivity contribution in [2.75, 3.05) is 20.3 Å². The summed E-state index contributed by atoms with van der Waals surface area (Å²) in [5.41, 5.74) is -0.595. The number of phenolic OH excluding ortho intramolecular Hbond substituents is 1. The van der Waals surface area contributed by atoms with Gasteiger partial charge in [0.05, 0.1) is 32.0 Å². The van der Waals surface area contributed by atoms with Crippen molar-refractivity contribution in [1.82, 2.24) is 0 Å². The van der Waals surface area contributed by atoms with E-state index in [1.165, 1.54) is 25.1 Å². The fourth-order valence-electron chi connectivity index (χ4n) is 5.78. The number of phenols is 1. The molecular weight excluding hydrogens is 688 g/mol. The molecule has 1 aromatic carbocycles. The van der Waals surface area contributed by atoms with E-state index in [1.54, 1.807) is 0 Å². The molecule has 0 unspecified atom stereocenters. The van der Waals surface area contributed by atoms with Crippen molar-refractivity contribution in [3.8, 4) is 11.5 Å². The first-order chi connectivity index (χ1) is 24.3. The van der Waals surface area contributed by atoms with E-state index in [0.29, 0.717) is 5.39 Å². The Morgan fingerprint density at radius 2 is 1.57 bits per heavy atom. The van der Waals surface area contributed by atoms with Gasteiger partial charge >= 0.3 is 17.6 Å². The number of carbonyl (C=O) groups is 2. The number of methoxy groups -OCH3 is 1. The zero-order chi connectivity index (χ0) is 37.1. The van der Waals surface area contributed by atoms with Crippen molar-refractivity contribution in [2.45, 2.75) is 81.0 Å². The van der Waals surface area contributed by atoms with Gasteiger partial charge in [0.15, 0.2) is 17.8 Å². The summed E-state index contributed by atoms with van der Waals surface area (Å²) in [5, 5.41) is 82.6. The van der Waals surface area contributed by atoms with Crippen LogP contribution in [-0.2, 0) is 38.0 Å². The standard InChI is InChI=1S/C32H38O19/c1-3-13-14(15(29(43)44-2)10-46-30(13)51-32-28(42)25(39)23(37)19(9-33)49-32)7-22(36)45-11-20-24(38)26(40)27(41)31(50-20)48-18-6-12-4-5-21(35)47-17(12)8-16(18)34/h3-6,8,10,14,19-20,23-28,30-34,37-42H,7,9,11H2,1-2H3/t14-,19-,20+,23-,24+,25+,26-,27+,28-,30+,31+,32+/m1/s1. The van der Waals surface area contributed by atoms with Crippen LogP contribution in [-0.4, -0.2) is 141 Å². The topological polar surface area (TPSA) is 291 Å². The second-order valence-electron chi connectivity index (χ2n) is 11.8. The number of carbonyl (C=O) groups excluding carboxylic acids is 2. The summed E-state index contributed by atoms with van der Waals surface area (Å²) in [6.45, 7) is 0.126. The predicted molar refractivity (Wildman–Crippen MR) is 164 cm³/mol. The van der Waals surface area contributed by atoms with E-state index in [2.05, 4.69) is 0 Å². The summed E-state index contributed by atoms with van der Waals surface area (Å²) >= 11 is 0. The maximum atomic E-state index is 13.2. The van der Waals surface area contributed by atoms with Crippen LogP contribution >= 0.6 is 0 Å². The molecule has 0 spiro atoms. The highest BCUT2D eigenvalue weighted by molar-refractivity contribution is 5.90. The summed E-state index contributed by atoms with van der Waals surface area (Å²) in [6, 6.07) is 4.91. The van der Waals surface area contributed by atoms with Gasteiger partial charge in [-0.1, -0.05) is 6.08 Å². The molecule has 19 nitrogen and oxygen atoms in total. The summed E-state index contributed by atoms with van der Waals surface area (Å²) in [5.74, 6) is -3.68. The zero-order valence-electron chi connectivity index (χ0n) is 27.1. The molecule has 0 bridgehead atoms. The van der Waals surface area contributed by atoms with E-state index >= 15 is 0 Å². The van der Waals surface area contributed by atoms with Gasteiger partial charge < -0.3 is 78.4 Å². The second-order valence-corrected chi connectivity index (χ2v) is 11.8. The van der Waals surface area contributed by atoms with Crippen LogP contribution in [0.3, 0.4) is 0 Å². The van der Waals surface area contributed by atoms with E-state index in [-0.39, 0.29) is 22.5 Å². The summed E-state index contributed by atoms with van der Waals surface area (Å²) in [7, 11) is 1.10. The van der Waals surface area contributed by atoms with Crippen molar-refractivity contribution >= 4 is 22.9 Å². The number of rotatable bonds is 10. The number of fused-ring (bicyclic) bond motifs is 1. The molecule has 2 fully saturated rings. The molecule has 0 saturated carbocycles. The average molecular weight is 727 g/mol. The molecule has 280 valence electrons. The highest BCUT2D eigenvalue weighted by atomic mass is 16.8. The van der Waals surface area contributed by atoms with E-state index in [1.807, 2.05) is 0 Å². The Kier molecular flexibility index (Phi) is 12.0. The van der Waals surface area contributed by atoms with Crippen LogP contribution in [0.15, 0.2) is 57.0 Å². The molecule has 51 heavy (non-hydrogen) atoms. The minimum Gasteiger partial charge on any atom is -0.504 e. The number of hydrogen-bond acceptors (Lipinski definition) is 19. The van der Waals surface area contributed by atoms with E-state index in [9.17, 15) is 55.2 Å². The van der Waals surface area contributed by atoms with Crippen LogP contribution in [0, 0.1) is 5.92 Å². The molecule has 12 atom stereocenters. The summed E-state index contributed by atoms with van der Waals surface area (Å²) in [4.78, 5) is 37.3. The van der Waals surface area contributed by atoms with Crippen molar-refractivity contribution in [3.05, 3.63) is 58.2 Å². The largest absolute Gasteiger partial charge is 0.504 e. The number of allylic oxidation sites excluding steroid dienone is 1. The molecule has 0 radical (unpaired) electrons. The number of aliphatic hydroxyl groups excluding tert-OH is 7. The molecular formula is C32H38O19. The Bertz CT molecular complexity index is 1680. The Morgan fingerprint density at radius 3 is 2.24 bits per heavy atom. The molecule has 19 heteroatoms. The van der Waals surface area contributed by atoms with Gasteiger partial charge in [-0.25, -0.2) is 9.59 Å². The summed E-state index contributed by atoms with van der Waals surface area (Å²) < 4.78 is 43.0. The molecule has 4 heterocycles. The minimum atomic E-state index is -1.85. The fourth-order valence-corrected chi connectivity index (χ4v) is 5.78. The maximum Gasteiger partial charge on any atom is 0.337 e. The molecule has 8 N–H and O–H groups in total. The van der Waals surface area contributed by atoms with Gasteiger partial charge in [-0.15, -0.1) is 0 Å². The van der Waals surface area contributed by atoms with Crippen molar-refractivity contribution in [3.63, 3.8) is 0 Å². The first-order valence-electron chi connectivity index (χ1n) is 15.6. The van der Waals surface area contributed by atoms with Gasteiger partial charge in [-0.2, -0.15) is 0 Å². The van der Waals surface area contributed by atoms with E-state index in [4.69, 9.17) is 37.6 Å². The first kappa shape index (κ1) is 38.1. The number of aromatic hydroxyl groups is 1. The minimum absolute atomic E-state index is 0.0419.